The summed E-state index contributed by atoms with van der Waals surface area (Å²) in [6.07, 6.45) is 0. The zero-order valence-corrected chi connectivity index (χ0v) is 19.9. The molecule has 0 bridgehead atoms. The molecular formula is C16H28O4Sb2. The summed E-state index contributed by atoms with van der Waals surface area (Å²) >= 11 is -6.53. The topological polar surface area (TPSA) is 52.6 Å². The Labute approximate surface area is 136 Å². The van der Waals surface area contributed by atoms with Gasteiger partial charge in [0.15, 0.2) is 0 Å². The van der Waals surface area contributed by atoms with Crippen molar-refractivity contribution in [2.24, 2.45) is 0 Å². The first-order chi connectivity index (χ1) is 9.50. The van der Waals surface area contributed by atoms with Gasteiger partial charge in [-0.05, 0) is 0 Å². The van der Waals surface area contributed by atoms with Crippen LogP contribution >= 0.6 is 0 Å². The Balaban J connectivity index is 3.16. The van der Waals surface area contributed by atoms with Crippen LogP contribution < -0.4 is 0 Å². The molecule has 0 amide bonds. The van der Waals surface area contributed by atoms with E-state index in [0.717, 1.165) is 0 Å². The SMILES string of the molecule is [CH3][Sb]([CH3])([CH3])([CH3])[O]C(=O)c1ccccc1C(=O)[O][Sb]([CH3])([CH3])([CH3])[CH3]. The molecule has 0 unspecified atom stereocenters. The van der Waals surface area contributed by atoms with Crippen molar-refractivity contribution in [1.29, 1.82) is 0 Å². The van der Waals surface area contributed by atoms with Crippen molar-refractivity contribution in [2.45, 2.75) is 39.0 Å². The summed E-state index contributed by atoms with van der Waals surface area (Å²) in [5.41, 5.74) is 0.576. The van der Waals surface area contributed by atoms with Crippen molar-refractivity contribution >= 4 is 47.6 Å². The molecule has 0 aliphatic rings. The fraction of sp³-hybridized carbons (Fsp3) is 0.500. The predicted molar refractivity (Wildman–Crippen MR) is 95.7 cm³/mol. The molecule has 0 aromatic heterocycles. The molecule has 0 saturated heterocycles. The third-order valence-electron chi connectivity index (χ3n) is 2.26. The minimum atomic E-state index is -3.27. The molecule has 6 heteroatoms. The first-order valence-electron chi connectivity index (χ1n) is 7.09. The zero-order valence-electron chi connectivity index (χ0n) is 14.8. The van der Waals surface area contributed by atoms with Gasteiger partial charge in [-0.3, -0.25) is 0 Å². The van der Waals surface area contributed by atoms with Gasteiger partial charge in [0.05, 0.1) is 0 Å². The zero-order chi connectivity index (χ0) is 17.4. The Bertz CT molecular complexity index is 545. The second kappa shape index (κ2) is 5.71. The fourth-order valence-electron chi connectivity index (χ4n) is 1.60. The molecule has 0 radical (unpaired) electrons. The van der Waals surface area contributed by atoms with Gasteiger partial charge >= 0.3 is 138 Å². The maximum atomic E-state index is 12.5. The molecule has 0 N–H and O–H groups in total. The van der Waals surface area contributed by atoms with Crippen molar-refractivity contribution in [1.82, 2.24) is 0 Å². The van der Waals surface area contributed by atoms with Crippen LogP contribution in [0.15, 0.2) is 24.3 Å². The van der Waals surface area contributed by atoms with Crippen LogP contribution in [0.5, 0.6) is 0 Å². The van der Waals surface area contributed by atoms with E-state index in [1.54, 1.807) is 24.3 Å². The summed E-state index contributed by atoms with van der Waals surface area (Å²) in [6, 6.07) is 6.71. The van der Waals surface area contributed by atoms with Crippen LogP contribution in [0.2, 0.25) is 39.0 Å². The summed E-state index contributed by atoms with van der Waals surface area (Å²) < 4.78 is 11.5. The van der Waals surface area contributed by atoms with E-state index in [9.17, 15) is 9.59 Å². The molecule has 1 aromatic carbocycles. The van der Waals surface area contributed by atoms with Gasteiger partial charge in [0, 0.05) is 0 Å². The summed E-state index contributed by atoms with van der Waals surface area (Å²) in [7, 11) is 0. The monoisotopic (exact) mass is 526 g/mol. The van der Waals surface area contributed by atoms with Crippen molar-refractivity contribution in [3.05, 3.63) is 35.4 Å². The number of carbonyl (C=O) groups excluding carboxylic acids is 2. The second-order valence-corrected chi connectivity index (χ2v) is 49.1. The molecular weight excluding hydrogens is 500 g/mol. The normalized spacial score (nSPS) is 15.8. The molecule has 0 atom stereocenters. The molecule has 0 aliphatic carbocycles. The van der Waals surface area contributed by atoms with E-state index in [1.807, 2.05) is 39.0 Å². The molecule has 126 valence electrons. The van der Waals surface area contributed by atoms with E-state index in [2.05, 4.69) is 0 Å². The van der Waals surface area contributed by atoms with Crippen LogP contribution in [-0.2, 0) is 6.03 Å². The molecule has 0 aliphatic heterocycles. The van der Waals surface area contributed by atoms with Crippen LogP contribution in [-0.4, -0.2) is 47.6 Å². The summed E-state index contributed by atoms with van der Waals surface area (Å²) in [5.74, 6) is -0.866. The minimum absolute atomic E-state index is 0.288. The third kappa shape index (κ3) is 7.37. The molecule has 0 heterocycles. The van der Waals surface area contributed by atoms with Gasteiger partial charge in [0.1, 0.15) is 0 Å². The first-order valence-corrected chi connectivity index (χ1v) is 29.6. The van der Waals surface area contributed by atoms with E-state index in [-0.39, 0.29) is 11.1 Å². The van der Waals surface area contributed by atoms with Gasteiger partial charge < -0.3 is 0 Å². The Hall–Kier alpha value is -0.204. The predicted octanol–water partition coefficient (Wildman–Crippen LogP) is 4.84. The molecule has 4 nitrogen and oxygen atoms in total. The maximum absolute atomic E-state index is 12.5. The van der Waals surface area contributed by atoms with E-state index < -0.39 is 47.6 Å². The Morgan fingerprint density at radius 3 is 1.18 bits per heavy atom. The van der Waals surface area contributed by atoms with E-state index in [4.69, 9.17) is 6.03 Å². The Morgan fingerprint density at radius 2 is 0.955 bits per heavy atom. The average Bonchev–Trinajstić information content (AvgIpc) is 2.22. The van der Waals surface area contributed by atoms with Crippen LogP contribution in [0.4, 0.5) is 0 Å². The van der Waals surface area contributed by atoms with Gasteiger partial charge in [0.25, 0.3) is 0 Å². The molecule has 1 rings (SSSR count). The number of carbonyl (C=O) groups is 2. The standard InChI is InChI=1S/C8H6O4.8CH3.2Sb/c9-7(10)5-3-1-2-4-6(5)8(11)12;;;;;;;;;;/h1-4H,(H,9,10)(H,11,12);8*1H3;;/q;;;;;;;;;2*+1/p-2. The Morgan fingerprint density at radius 1 is 0.682 bits per heavy atom. The average molecular weight is 528 g/mol. The number of rotatable bonds is 4. The van der Waals surface area contributed by atoms with Crippen molar-refractivity contribution < 1.29 is 15.6 Å². The quantitative estimate of drug-likeness (QED) is 0.526. The molecule has 22 heavy (non-hydrogen) atoms. The van der Waals surface area contributed by atoms with Crippen molar-refractivity contribution in [3.8, 4) is 0 Å². The number of hydrogen-bond donors (Lipinski definition) is 0. The summed E-state index contributed by atoms with van der Waals surface area (Å²) in [5, 5.41) is 0. The van der Waals surface area contributed by atoms with E-state index in [1.165, 1.54) is 0 Å². The molecule has 0 spiro atoms. The van der Waals surface area contributed by atoms with Crippen molar-refractivity contribution in [2.75, 3.05) is 0 Å². The molecule has 0 saturated carbocycles. The van der Waals surface area contributed by atoms with Crippen LogP contribution in [0.3, 0.4) is 0 Å². The number of benzene rings is 1. The van der Waals surface area contributed by atoms with E-state index in [0.29, 0.717) is 0 Å². The summed E-state index contributed by atoms with van der Waals surface area (Å²) in [4.78, 5) is 41.0. The number of hydrogen-bond acceptors (Lipinski definition) is 4. The first kappa shape index (κ1) is 19.8. The molecule has 1 aromatic rings. The molecule has 0 fully saturated rings. The van der Waals surface area contributed by atoms with Gasteiger partial charge in [-0.2, -0.15) is 0 Å². The van der Waals surface area contributed by atoms with Crippen LogP contribution in [0.25, 0.3) is 0 Å². The second-order valence-electron chi connectivity index (χ2n) is 9.13. The Kier molecular flexibility index (Phi) is 5.15. The van der Waals surface area contributed by atoms with Gasteiger partial charge in [-0.1, -0.05) is 0 Å². The van der Waals surface area contributed by atoms with Gasteiger partial charge in [-0.25, -0.2) is 0 Å². The summed E-state index contributed by atoms with van der Waals surface area (Å²) in [6.45, 7) is 0. The van der Waals surface area contributed by atoms with Gasteiger partial charge in [-0.15, -0.1) is 0 Å². The van der Waals surface area contributed by atoms with Crippen molar-refractivity contribution in [3.63, 3.8) is 0 Å². The van der Waals surface area contributed by atoms with Crippen LogP contribution in [0, 0.1) is 0 Å². The van der Waals surface area contributed by atoms with Crippen LogP contribution in [0.1, 0.15) is 20.7 Å². The van der Waals surface area contributed by atoms with E-state index >= 15 is 0 Å². The third-order valence-corrected chi connectivity index (χ3v) is 7.38. The van der Waals surface area contributed by atoms with Gasteiger partial charge in [0.2, 0.25) is 0 Å². The fourth-order valence-corrected chi connectivity index (χ4v) is 5.95.